The predicted octanol–water partition coefficient (Wildman–Crippen LogP) is 5.67. The Hall–Kier alpha value is -2.37. The number of carbonyl (C=O) groups is 1. The third kappa shape index (κ3) is 4.98. The standard InChI is InChI=1S/C23H23ClN2O2S/c1-2-28-20-6-4-3-5-19(20)23-25-18(14-29-23)13-21(27)26-22(15-7-8-15)16-9-11-17(24)12-10-16/h3-6,9-12,14-15,22H,2,7-8,13H2,1H3,(H,26,27). The molecule has 1 saturated carbocycles. The van der Waals surface area contributed by atoms with Crippen LogP contribution < -0.4 is 10.1 Å². The molecule has 0 aliphatic heterocycles. The van der Waals surface area contributed by atoms with Gasteiger partial charge in [-0.3, -0.25) is 4.79 Å². The Bertz CT molecular complexity index is 983. The summed E-state index contributed by atoms with van der Waals surface area (Å²) in [5.74, 6) is 1.31. The molecular weight excluding hydrogens is 404 g/mol. The third-order valence-electron chi connectivity index (χ3n) is 4.95. The summed E-state index contributed by atoms with van der Waals surface area (Å²) in [5.41, 5.74) is 2.84. The van der Waals surface area contributed by atoms with Gasteiger partial charge in [-0.25, -0.2) is 4.98 Å². The highest BCUT2D eigenvalue weighted by Gasteiger charge is 2.33. The van der Waals surface area contributed by atoms with Crippen LogP contribution in [0.3, 0.4) is 0 Å². The van der Waals surface area contributed by atoms with E-state index in [9.17, 15) is 4.79 Å². The van der Waals surface area contributed by atoms with Crippen molar-refractivity contribution in [1.29, 1.82) is 0 Å². The van der Waals surface area contributed by atoms with E-state index in [-0.39, 0.29) is 18.4 Å². The predicted molar refractivity (Wildman–Crippen MR) is 117 cm³/mol. The van der Waals surface area contributed by atoms with Crippen LogP contribution in [0.15, 0.2) is 53.9 Å². The molecule has 1 atom stereocenters. The molecule has 4 rings (SSSR count). The zero-order valence-corrected chi connectivity index (χ0v) is 17.8. The largest absolute Gasteiger partial charge is 0.493 e. The van der Waals surface area contributed by atoms with Gasteiger partial charge in [-0.2, -0.15) is 0 Å². The topological polar surface area (TPSA) is 51.2 Å². The van der Waals surface area contributed by atoms with E-state index in [0.717, 1.165) is 40.4 Å². The van der Waals surface area contributed by atoms with E-state index in [0.29, 0.717) is 17.5 Å². The van der Waals surface area contributed by atoms with Crippen molar-refractivity contribution >= 4 is 28.8 Å². The number of nitrogens with zero attached hydrogens (tertiary/aromatic N) is 1. The maximum absolute atomic E-state index is 12.7. The Morgan fingerprint density at radius 2 is 2.00 bits per heavy atom. The fraction of sp³-hybridized carbons (Fsp3) is 0.304. The number of hydrogen-bond acceptors (Lipinski definition) is 4. The molecule has 0 spiro atoms. The highest BCUT2D eigenvalue weighted by Crippen LogP contribution is 2.41. The fourth-order valence-corrected chi connectivity index (χ4v) is 4.37. The maximum Gasteiger partial charge on any atom is 0.226 e. The summed E-state index contributed by atoms with van der Waals surface area (Å²) < 4.78 is 5.70. The summed E-state index contributed by atoms with van der Waals surface area (Å²) in [4.78, 5) is 17.4. The van der Waals surface area contributed by atoms with Crippen LogP contribution in [0, 0.1) is 5.92 Å². The monoisotopic (exact) mass is 426 g/mol. The number of ether oxygens (including phenoxy) is 1. The smallest absolute Gasteiger partial charge is 0.226 e. The first kappa shape index (κ1) is 19.9. The highest BCUT2D eigenvalue weighted by molar-refractivity contribution is 7.13. The van der Waals surface area contributed by atoms with Gasteiger partial charge in [0.05, 0.1) is 30.3 Å². The van der Waals surface area contributed by atoms with Crippen molar-refractivity contribution < 1.29 is 9.53 Å². The van der Waals surface area contributed by atoms with Crippen LogP contribution in [0.25, 0.3) is 10.6 Å². The number of nitrogens with one attached hydrogen (secondary N) is 1. The molecule has 1 heterocycles. The number of para-hydroxylation sites is 1. The molecule has 1 aliphatic rings. The Balaban J connectivity index is 1.44. The minimum absolute atomic E-state index is 0.00760. The van der Waals surface area contributed by atoms with Gasteiger partial charge in [0, 0.05) is 10.4 Å². The lowest BCUT2D eigenvalue weighted by Crippen LogP contribution is -2.31. The molecule has 0 radical (unpaired) electrons. The molecule has 1 fully saturated rings. The number of amides is 1. The lowest BCUT2D eigenvalue weighted by molar-refractivity contribution is -0.121. The van der Waals surface area contributed by atoms with Gasteiger partial charge < -0.3 is 10.1 Å². The Kier molecular flexibility index (Phi) is 6.16. The minimum Gasteiger partial charge on any atom is -0.493 e. The van der Waals surface area contributed by atoms with Gasteiger partial charge in [-0.05, 0) is 55.5 Å². The number of halogens is 1. The van der Waals surface area contributed by atoms with Crippen molar-refractivity contribution in [1.82, 2.24) is 10.3 Å². The van der Waals surface area contributed by atoms with E-state index in [1.165, 1.54) is 11.3 Å². The van der Waals surface area contributed by atoms with Crippen molar-refractivity contribution in [2.75, 3.05) is 6.61 Å². The number of rotatable bonds is 8. The van der Waals surface area contributed by atoms with Crippen LogP contribution in [-0.2, 0) is 11.2 Å². The summed E-state index contributed by atoms with van der Waals surface area (Å²) in [6, 6.07) is 15.6. The average molecular weight is 427 g/mol. The molecule has 6 heteroatoms. The summed E-state index contributed by atoms with van der Waals surface area (Å²) >= 11 is 7.54. The van der Waals surface area contributed by atoms with Gasteiger partial charge >= 0.3 is 0 Å². The van der Waals surface area contributed by atoms with Crippen molar-refractivity contribution in [3.63, 3.8) is 0 Å². The molecule has 2 aromatic carbocycles. The van der Waals surface area contributed by atoms with E-state index in [2.05, 4.69) is 10.3 Å². The molecule has 1 aliphatic carbocycles. The molecule has 1 aromatic heterocycles. The zero-order valence-electron chi connectivity index (χ0n) is 16.2. The molecule has 150 valence electrons. The maximum atomic E-state index is 12.7. The number of thiazole rings is 1. The van der Waals surface area contributed by atoms with E-state index >= 15 is 0 Å². The van der Waals surface area contributed by atoms with E-state index in [1.807, 2.05) is 60.8 Å². The lowest BCUT2D eigenvalue weighted by atomic mass is 10.0. The number of hydrogen-bond donors (Lipinski definition) is 1. The van der Waals surface area contributed by atoms with Crippen LogP contribution in [0.5, 0.6) is 5.75 Å². The lowest BCUT2D eigenvalue weighted by Gasteiger charge is -2.18. The van der Waals surface area contributed by atoms with Gasteiger partial charge in [0.1, 0.15) is 10.8 Å². The third-order valence-corrected chi connectivity index (χ3v) is 6.13. The SMILES string of the molecule is CCOc1ccccc1-c1nc(CC(=O)NC(c2ccc(Cl)cc2)C2CC2)cs1. The van der Waals surface area contributed by atoms with Crippen LogP contribution in [0.1, 0.15) is 37.1 Å². The molecule has 1 N–H and O–H groups in total. The normalized spacial score (nSPS) is 14.4. The number of aromatic nitrogens is 1. The molecule has 29 heavy (non-hydrogen) atoms. The minimum atomic E-state index is -0.00760. The van der Waals surface area contributed by atoms with Crippen molar-refractivity contribution in [3.8, 4) is 16.3 Å². The first-order chi connectivity index (χ1) is 14.1. The van der Waals surface area contributed by atoms with Crippen LogP contribution in [0.2, 0.25) is 5.02 Å². The van der Waals surface area contributed by atoms with Crippen LogP contribution >= 0.6 is 22.9 Å². The van der Waals surface area contributed by atoms with Gasteiger partial charge in [0.25, 0.3) is 0 Å². The van der Waals surface area contributed by atoms with Gasteiger partial charge in [0.2, 0.25) is 5.91 Å². The van der Waals surface area contributed by atoms with Gasteiger partial charge in [-0.15, -0.1) is 11.3 Å². The van der Waals surface area contributed by atoms with Crippen molar-refractivity contribution in [3.05, 3.63) is 70.2 Å². The molecule has 3 aromatic rings. The molecule has 1 amide bonds. The van der Waals surface area contributed by atoms with Crippen molar-refractivity contribution in [2.24, 2.45) is 5.92 Å². The molecule has 0 saturated heterocycles. The summed E-state index contributed by atoms with van der Waals surface area (Å²) in [5, 5.41) is 6.73. The fourth-order valence-electron chi connectivity index (χ4n) is 3.40. The summed E-state index contributed by atoms with van der Waals surface area (Å²) in [7, 11) is 0. The van der Waals surface area contributed by atoms with Gasteiger partial charge in [-0.1, -0.05) is 35.9 Å². The van der Waals surface area contributed by atoms with Crippen LogP contribution in [-0.4, -0.2) is 17.5 Å². The van der Waals surface area contributed by atoms with Gasteiger partial charge in [0.15, 0.2) is 0 Å². The van der Waals surface area contributed by atoms with E-state index in [4.69, 9.17) is 16.3 Å². The second kappa shape index (κ2) is 8.97. The average Bonchev–Trinajstić information content (AvgIpc) is 3.46. The molecular formula is C23H23ClN2O2S. The summed E-state index contributed by atoms with van der Waals surface area (Å²) in [6.07, 6.45) is 2.55. The second-order valence-corrected chi connectivity index (χ2v) is 8.48. The first-order valence-electron chi connectivity index (χ1n) is 9.85. The first-order valence-corrected chi connectivity index (χ1v) is 11.1. The number of carbonyl (C=O) groups excluding carboxylic acids is 1. The zero-order chi connectivity index (χ0) is 20.2. The van der Waals surface area contributed by atoms with Crippen LogP contribution in [0.4, 0.5) is 0 Å². The molecule has 1 unspecified atom stereocenters. The Labute approximate surface area is 179 Å². The number of benzene rings is 2. The summed E-state index contributed by atoms with van der Waals surface area (Å²) in [6.45, 7) is 2.57. The van der Waals surface area contributed by atoms with E-state index in [1.54, 1.807) is 0 Å². The second-order valence-electron chi connectivity index (χ2n) is 7.18. The van der Waals surface area contributed by atoms with E-state index < -0.39 is 0 Å². The molecule has 0 bridgehead atoms. The van der Waals surface area contributed by atoms with Crippen molar-refractivity contribution in [2.45, 2.75) is 32.2 Å². The Morgan fingerprint density at radius 1 is 1.24 bits per heavy atom. The molecule has 4 nitrogen and oxygen atoms in total. The Morgan fingerprint density at radius 3 is 2.72 bits per heavy atom. The quantitative estimate of drug-likeness (QED) is 0.504. The highest BCUT2D eigenvalue weighted by atomic mass is 35.5.